The smallest absolute Gasteiger partial charge is 0.136 e. The van der Waals surface area contributed by atoms with Crippen LogP contribution in [-0.2, 0) is 11.4 Å². The van der Waals surface area contributed by atoms with Gasteiger partial charge in [-0.05, 0) is 40.2 Å². The molecule has 2 nitrogen and oxygen atoms in total. The van der Waals surface area contributed by atoms with Gasteiger partial charge in [-0.1, -0.05) is 18.2 Å². The van der Waals surface area contributed by atoms with Gasteiger partial charge >= 0.3 is 0 Å². The molecule has 1 rings (SSSR count). The molecular formula is C13H20FNOS. The van der Waals surface area contributed by atoms with Crippen molar-refractivity contribution in [1.29, 1.82) is 0 Å². The van der Waals surface area contributed by atoms with Crippen molar-refractivity contribution in [3.05, 3.63) is 35.1 Å². The zero-order chi connectivity index (χ0) is 13.2. The van der Waals surface area contributed by atoms with Crippen LogP contribution < -0.4 is 4.72 Å². The van der Waals surface area contributed by atoms with Gasteiger partial charge in [0.2, 0.25) is 0 Å². The minimum atomic E-state index is -1.20. The van der Waals surface area contributed by atoms with E-state index in [2.05, 4.69) is 4.72 Å². The highest BCUT2D eigenvalue weighted by Crippen LogP contribution is 2.22. The van der Waals surface area contributed by atoms with E-state index in [1.165, 1.54) is 0 Å². The van der Waals surface area contributed by atoms with Gasteiger partial charge in [0, 0.05) is 16.9 Å². The van der Waals surface area contributed by atoms with Crippen molar-refractivity contribution in [1.82, 2.24) is 4.72 Å². The van der Waals surface area contributed by atoms with Crippen LogP contribution in [0.3, 0.4) is 0 Å². The first-order chi connectivity index (χ1) is 7.73. The summed E-state index contributed by atoms with van der Waals surface area (Å²) in [5.74, 6) is -0.224. The first kappa shape index (κ1) is 14.5. The molecule has 0 fully saturated rings. The quantitative estimate of drug-likeness (QED) is 0.844. The van der Waals surface area contributed by atoms with Crippen molar-refractivity contribution in [3.8, 4) is 0 Å². The summed E-state index contributed by atoms with van der Waals surface area (Å²) in [6.45, 7) is 9.20. The predicted molar refractivity (Wildman–Crippen MR) is 70.6 cm³/mol. The molecule has 0 spiro atoms. The van der Waals surface area contributed by atoms with Gasteiger partial charge in [0.05, 0.1) is 6.04 Å². The lowest BCUT2D eigenvalue weighted by Gasteiger charge is -2.26. The zero-order valence-electron chi connectivity index (χ0n) is 11.0. The maximum atomic E-state index is 13.9. The van der Waals surface area contributed by atoms with Crippen LogP contribution in [0.25, 0.3) is 0 Å². The molecule has 2 atom stereocenters. The predicted octanol–water partition coefficient (Wildman–Crippen LogP) is 3.25. The Morgan fingerprint density at radius 3 is 2.47 bits per heavy atom. The minimum absolute atomic E-state index is 0.224. The molecule has 0 aromatic heterocycles. The van der Waals surface area contributed by atoms with Gasteiger partial charge in [-0.2, -0.15) is 0 Å². The summed E-state index contributed by atoms with van der Waals surface area (Å²) in [5.41, 5.74) is 1.17. The summed E-state index contributed by atoms with van der Waals surface area (Å²) in [4.78, 5) is 0. The summed E-state index contributed by atoms with van der Waals surface area (Å²) in [6, 6.07) is 4.99. The van der Waals surface area contributed by atoms with Gasteiger partial charge in [-0.25, -0.2) is 4.39 Å². The van der Waals surface area contributed by atoms with Crippen molar-refractivity contribution in [3.63, 3.8) is 0 Å². The van der Waals surface area contributed by atoms with Crippen LogP contribution in [0.4, 0.5) is 4.39 Å². The molecule has 1 N–H and O–H groups in total. The Kier molecular flexibility index (Phi) is 4.58. The molecule has 1 aromatic carbocycles. The number of halogens is 1. The Bertz CT molecular complexity index is 389. The molecule has 0 aliphatic carbocycles. The van der Waals surface area contributed by atoms with Crippen molar-refractivity contribution in [2.45, 2.75) is 45.4 Å². The summed E-state index contributed by atoms with van der Waals surface area (Å²) in [6.07, 6.45) is 0. The van der Waals surface area contributed by atoms with E-state index in [9.17, 15) is 8.94 Å². The van der Waals surface area contributed by atoms with E-state index in [1.807, 2.05) is 33.8 Å². The standard InChI is InChI=1S/C13H20FNOS/c1-9-7-6-8-11(12(9)14)10(2)15-17(16)13(3,4)5/h6-8,10,15H,1-5H3/t10?,17-/m0/s1. The first-order valence-electron chi connectivity index (χ1n) is 5.66. The normalized spacial score (nSPS) is 15.7. The summed E-state index contributed by atoms with van der Waals surface area (Å²) in [5, 5.41) is 0. The van der Waals surface area contributed by atoms with E-state index in [4.69, 9.17) is 0 Å². The fourth-order valence-electron chi connectivity index (χ4n) is 1.41. The average Bonchev–Trinajstić information content (AvgIpc) is 2.20. The Morgan fingerprint density at radius 1 is 1.35 bits per heavy atom. The molecule has 17 heavy (non-hydrogen) atoms. The second-order valence-corrected chi connectivity index (χ2v) is 7.20. The Labute approximate surface area is 106 Å². The Morgan fingerprint density at radius 2 is 1.94 bits per heavy atom. The Balaban J connectivity index is 2.84. The van der Waals surface area contributed by atoms with E-state index in [0.29, 0.717) is 11.1 Å². The lowest BCUT2D eigenvalue weighted by Crippen LogP contribution is -2.40. The van der Waals surface area contributed by atoms with Crippen molar-refractivity contribution in [2.75, 3.05) is 0 Å². The summed E-state index contributed by atoms with van der Waals surface area (Å²) in [7, 11) is 0. The van der Waals surface area contributed by atoms with Gasteiger partial charge < -0.3 is 4.55 Å². The lowest BCUT2D eigenvalue weighted by molar-refractivity contribution is 0.521. The van der Waals surface area contributed by atoms with Gasteiger partial charge in [0.1, 0.15) is 10.6 Å². The SMILES string of the molecule is Cc1cccc(C(C)N[S@@+]([O-])C(C)(C)C)c1F. The average molecular weight is 257 g/mol. The highest BCUT2D eigenvalue weighted by Gasteiger charge is 2.29. The second kappa shape index (κ2) is 5.38. The number of benzene rings is 1. The fourth-order valence-corrected chi connectivity index (χ4v) is 2.21. The van der Waals surface area contributed by atoms with Crippen LogP contribution >= 0.6 is 0 Å². The van der Waals surface area contributed by atoms with Gasteiger partial charge in [-0.3, -0.25) is 0 Å². The molecule has 0 aliphatic rings. The third-order valence-electron chi connectivity index (χ3n) is 2.53. The number of hydrogen-bond donors (Lipinski definition) is 1. The topological polar surface area (TPSA) is 35.1 Å². The minimum Gasteiger partial charge on any atom is -0.598 e. The maximum absolute atomic E-state index is 13.9. The largest absolute Gasteiger partial charge is 0.598 e. The number of nitrogens with one attached hydrogen (secondary N) is 1. The molecular weight excluding hydrogens is 237 g/mol. The van der Waals surface area contributed by atoms with Gasteiger partial charge in [0.15, 0.2) is 0 Å². The van der Waals surface area contributed by atoms with Crippen molar-refractivity contribution >= 4 is 11.4 Å². The van der Waals surface area contributed by atoms with Crippen LogP contribution in [0, 0.1) is 12.7 Å². The van der Waals surface area contributed by atoms with E-state index >= 15 is 0 Å². The molecule has 0 amide bonds. The van der Waals surface area contributed by atoms with Crippen LogP contribution in [0.5, 0.6) is 0 Å². The first-order valence-corrected chi connectivity index (χ1v) is 6.81. The second-order valence-electron chi connectivity index (χ2n) is 5.20. The summed E-state index contributed by atoms with van der Waals surface area (Å²) >= 11 is -1.20. The molecule has 1 aromatic rings. The van der Waals surface area contributed by atoms with Gasteiger partial charge in [0.25, 0.3) is 0 Å². The molecule has 0 saturated heterocycles. The molecule has 0 bridgehead atoms. The van der Waals surface area contributed by atoms with E-state index in [-0.39, 0.29) is 16.6 Å². The highest BCUT2D eigenvalue weighted by molar-refractivity contribution is 7.90. The number of rotatable bonds is 3. The maximum Gasteiger partial charge on any atom is 0.136 e. The van der Waals surface area contributed by atoms with Crippen LogP contribution in [-0.4, -0.2) is 9.30 Å². The third kappa shape index (κ3) is 3.69. The number of aryl methyl sites for hydroxylation is 1. The molecule has 0 radical (unpaired) electrons. The molecule has 0 aliphatic heterocycles. The molecule has 0 heterocycles. The monoisotopic (exact) mass is 257 g/mol. The molecule has 4 heteroatoms. The zero-order valence-corrected chi connectivity index (χ0v) is 11.8. The van der Waals surface area contributed by atoms with E-state index in [1.54, 1.807) is 19.1 Å². The third-order valence-corrected chi connectivity index (χ3v) is 4.21. The van der Waals surface area contributed by atoms with Crippen molar-refractivity contribution in [2.24, 2.45) is 0 Å². The van der Waals surface area contributed by atoms with E-state index in [0.717, 1.165) is 0 Å². The molecule has 0 saturated carbocycles. The van der Waals surface area contributed by atoms with Crippen molar-refractivity contribution < 1.29 is 8.94 Å². The Hall–Kier alpha value is -0.580. The van der Waals surface area contributed by atoms with Gasteiger partial charge in [-0.15, -0.1) is 4.72 Å². The van der Waals surface area contributed by atoms with Crippen LogP contribution in [0.1, 0.15) is 44.9 Å². The molecule has 96 valence electrons. The van der Waals surface area contributed by atoms with Crippen LogP contribution in [0.15, 0.2) is 18.2 Å². The number of hydrogen-bond acceptors (Lipinski definition) is 2. The molecule has 1 unspecified atom stereocenters. The lowest BCUT2D eigenvalue weighted by atomic mass is 10.1. The highest BCUT2D eigenvalue weighted by atomic mass is 32.2. The van der Waals surface area contributed by atoms with E-state index < -0.39 is 11.4 Å². The fraction of sp³-hybridized carbons (Fsp3) is 0.538. The summed E-state index contributed by atoms with van der Waals surface area (Å²) < 4.78 is 28.4. The van der Waals surface area contributed by atoms with Crippen LogP contribution in [0.2, 0.25) is 0 Å².